The predicted octanol–water partition coefficient (Wildman–Crippen LogP) is 4.28. The molecule has 0 saturated carbocycles. The Morgan fingerprint density at radius 3 is 2.42 bits per heavy atom. The number of rotatable bonds is 2. The van der Waals surface area contributed by atoms with Crippen LogP contribution >= 0.6 is 15.9 Å². The second-order valence-corrected chi connectivity index (χ2v) is 4.62. The smallest absolute Gasteiger partial charge is 0.416 e. The highest BCUT2D eigenvalue weighted by molar-refractivity contribution is 9.10. The molecule has 19 heavy (non-hydrogen) atoms. The maximum atomic E-state index is 13.5. The van der Waals surface area contributed by atoms with E-state index in [9.17, 15) is 22.7 Å². The fourth-order valence-corrected chi connectivity index (χ4v) is 1.99. The molecular weight excluding hydrogens is 332 g/mol. The lowest BCUT2D eigenvalue weighted by Gasteiger charge is -2.13. The number of hydrogen-bond acceptors (Lipinski definition) is 2. The van der Waals surface area contributed by atoms with Gasteiger partial charge in [0, 0.05) is 5.56 Å². The first-order chi connectivity index (χ1) is 8.80. The van der Waals surface area contributed by atoms with Gasteiger partial charge in [-0.05, 0) is 40.2 Å². The molecule has 1 N–H and O–H groups in total. The molecule has 102 valence electrons. The Hall–Kier alpha value is -1.34. The molecule has 0 fully saturated rings. The summed E-state index contributed by atoms with van der Waals surface area (Å²) in [4.78, 5) is 0. The summed E-state index contributed by atoms with van der Waals surface area (Å²) in [5.74, 6) is -0.998. The Kier molecular flexibility index (Phi) is 3.69. The molecule has 1 heterocycles. The molecule has 0 aliphatic carbocycles. The van der Waals surface area contributed by atoms with Crippen LogP contribution in [0.4, 0.5) is 17.6 Å². The molecule has 0 spiro atoms. The molecule has 0 bridgehead atoms. The van der Waals surface area contributed by atoms with Crippen molar-refractivity contribution in [1.29, 1.82) is 0 Å². The molecule has 1 aromatic carbocycles. The van der Waals surface area contributed by atoms with Gasteiger partial charge in [-0.3, -0.25) is 0 Å². The molecule has 1 aromatic heterocycles. The zero-order valence-electron chi connectivity index (χ0n) is 9.21. The molecule has 0 saturated heterocycles. The monoisotopic (exact) mass is 338 g/mol. The summed E-state index contributed by atoms with van der Waals surface area (Å²) >= 11 is 3.05. The van der Waals surface area contributed by atoms with E-state index in [0.717, 1.165) is 0 Å². The van der Waals surface area contributed by atoms with Crippen molar-refractivity contribution in [3.05, 3.63) is 57.7 Å². The Labute approximate surface area is 113 Å². The Morgan fingerprint density at radius 1 is 1.21 bits per heavy atom. The first-order valence-electron chi connectivity index (χ1n) is 5.08. The predicted molar refractivity (Wildman–Crippen MR) is 61.9 cm³/mol. The average molecular weight is 339 g/mol. The van der Waals surface area contributed by atoms with Crippen LogP contribution in [0.25, 0.3) is 0 Å². The van der Waals surface area contributed by atoms with Gasteiger partial charge in [0.2, 0.25) is 0 Å². The van der Waals surface area contributed by atoms with E-state index in [1.807, 2.05) is 0 Å². The van der Waals surface area contributed by atoms with E-state index < -0.39 is 29.2 Å². The van der Waals surface area contributed by atoms with Gasteiger partial charge in [0.1, 0.15) is 11.9 Å². The number of aliphatic hydroxyl groups excluding tert-OH is 1. The van der Waals surface area contributed by atoms with Gasteiger partial charge >= 0.3 is 6.18 Å². The van der Waals surface area contributed by atoms with Gasteiger partial charge in [-0.2, -0.15) is 13.2 Å². The van der Waals surface area contributed by atoms with Crippen molar-refractivity contribution in [2.45, 2.75) is 12.3 Å². The SMILES string of the molecule is OC(c1cc(C(F)(F)F)ccc1F)c1occc1Br. The quantitative estimate of drug-likeness (QED) is 0.829. The third-order valence-corrected chi connectivity index (χ3v) is 3.17. The molecule has 0 aliphatic heterocycles. The number of furan rings is 1. The van der Waals surface area contributed by atoms with Gasteiger partial charge in [-0.15, -0.1) is 0 Å². The fourth-order valence-electron chi connectivity index (χ4n) is 1.57. The van der Waals surface area contributed by atoms with Gasteiger partial charge in [-0.25, -0.2) is 4.39 Å². The summed E-state index contributed by atoms with van der Waals surface area (Å²) in [6.45, 7) is 0. The van der Waals surface area contributed by atoms with Crippen LogP contribution in [0, 0.1) is 5.82 Å². The van der Waals surface area contributed by atoms with Crippen LogP contribution in [-0.4, -0.2) is 5.11 Å². The molecule has 0 amide bonds. The minimum absolute atomic E-state index is 0.0572. The molecule has 2 nitrogen and oxygen atoms in total. The average Bonchev–Trinajstić information content (AvgIpc) is 2.73. The lowest BCUT2D eigenvalue weighted by Crippen LogP contribution is -2.09. The summed E-state index contributed by atoms with van der Waals surface area (Å²) in [5, 5.41) is 9.90. The summed E-state index contributed by atoms with van der Waals surface area (Å²) in [7, 11) is 0. The summed E-state index contributed by atoms with van der Waals surface area (Å²) < 4.78 is 56.5. The van der Waals surface area contributed by atoms with E-state index in [4.69, 9.17) is 4.42 Å². The topological polar surface area (TPSA) is 33.4 Å². The van der Waals surface area contributed by atoms with E-state index in [1.54, 1.807) is 0 Å². The Bertz CT molecular complexity index is 592. The van der Waals surface area contributed by atoms with E-state index in [1.165, 1.54) is 12.3 Å². The van der Waals surface area contributed by atoms with E-state index >= 15 is 0 Å². The van der Waals surface area contributed by atoms with Gasteiger partial charge in [-0.1, -0.05) is 0 Å². The third-order valence-electron chi connectivity index (χ3n) is 2.51. The zero-order chi connectivity index (χ0) is 14.2. The van der Waals surface area contributed by atoms with Gasteiger partial charge in [0.05, 0.1) is 16.3 Å². The van der Waals surface area contributed by atoms with Gasteiger partial charge in [0.25, 0.3) is 0 Å². The number of benzene rings is 1. The summed E-state index contributed by atoms with van der Waals surface area (Å²) in [6, 6.07) is 3.29. The van der Waals surface area contributed by atoms with Crippen LogP contribution < -0.4 is 0 Å². The van der Waals surface area contributed by atoms with E-state index in [2.05, 4.69) is 15.9 Å². The molecule has 2 rings (SSSR count). The molecule has 0 aliphatic rings. The summed E-state index contributed by atoms with van der Waals surface area (Å²) in [6.07, 6.45) is -5.00. The van der Waals surface area contributed by atoms with E-state index in [0.29, 0.717) is 22.7 Å². The second kappa shape index (κ2) is 4.97. The molecule has 1 unspecified atom stereocenters. The number of hydrogen-bond donors (Lipinski definition) is 1. The number of alkyl halides is 3. The van der Waals surface area contributed by atoms with Crippen LogP contribution in [0.15, 0.2) is 39.4 Å². The van der Waals surface area contributed by atoms with Crippen molar-refractivity contribution in [3.63, 3.8) is 0 Å². The molecule has 7 heteroatoms. The minimum Gasteiger partial charge on any atom is -0.465 e. The maximum absolute atomic E-state index is 13.5. The minimum atomic E-state index is -4.61. The lowest BCUT2D eigenvalue weighted by molar-refractivity contribution is -0.137. The lowest BCUT2D eigenvalue weighted by atomic mass is 10.0. The largest absolute Gasteiger partial charge is 0.465 e. The zero-order valence-corrected chi connectivity index (χ0v) is 10.8. The highest BCUT2D eigenvalue weighted by Crippen LogP contribution is 2.35. The molecular formula is C12H7BrF4O2. The van der Waals surface area contributed by atoms with Crippen molar-refractivity contribution in [3.8, 4) is 0 Å². The van der Waals surface area contributed by atoms with Crippen molar-refractivity contribution in [2.24, 2.45) is 0 Å². The molecule has 0 radical (unpaired) electrons. The fraction of sp³-hybridized carbons (Fsp3) is 0.167. The Morgan fingerprint density at radius 2 is 1.89 bits per heavy atom. The number of aliphatic hydroxyl groups is 1. The van der Waals surface area contributed by atoms with Crippen molar-refractivity contribution >= 4 is 15.9 Å². The van der Waals surface area contributed by atoms with E-state index in [-0.39, 0.29) is 5.76 Å². The standard InChI is InChI=1S/C12H7BrF4O2/c13-8-3-4-19-11(8)10(18)7-5-6(12(15,16)17)1-2-9(7)14/h1-5,10,18H. The van der Waals surface area contributed by atoms with Crippen LogP contribution in [0.1, 0.15) is 23.0 Å². The normalized spacial score (nSPS) is 13.6. The first kappa shape index (κ1) is 14.1. The van der Waals surface area contributed by atoms with Gasteiger partial charge < -0.3 is 9.52 Å². The van der Waals surface area contributed by atoms with Crippen molar-refractivity contribution in [2.75, 3.05) is 0 Å². The summed E-state index contributed by atoms with van der Waals surface area (Å²) in [5.41, 5.74) is -1.53. The third kappa shape index (κ3) is 2.82. The van der Waals surface area contributed by atoms with Gasteiger partial charge in [0.15, 0.2) is 5.76 Å². The number of halogens is 5. The molecule has 1 atom stereocenters. The van der Waals surface area contributed by atoms with Crippen LogP contribution in [0.3, 0.4) is 0 Å². The van der Waals surface area contributed by atoms with Crippen LogP contribution in [-0.2, 0) is 6.18 Å². The highest BCUT2D eigenvalue weighted by Gasteiger charge is 2.32. The highest BCUT2D eigenvalue weighted by atomic mass is 79.9. The van der Waals surface area contributed by atoms with Crippen molar-refractivity contribution in [1.82, 2.24) is 0 Å². The van der Waals surface area contributed by atoms with Crippen LogP contribution in [0.2, 0.25) is 0 Å². The van der Waals surface area contributed by atoms with Crippen molar-refractivity contribution < 1.29 is 27.1 Å². The second-order valence-electron chi connectivity index (χ2n) is 3.77. The first-order valence-corrected chi connectivity index (χ1v) is 5.87. The van der Waals surface area contributed by atoms with Crippen LogP contribution in [0.5, 0.6) is 0 Å². The molecule has 2 aromatic rings. The maximum Gasteiger partial charge on any atom is 0.416 e. The Balaban J connectivity index is 2.47.